The molecule has 3 aromatic carbocycles. The summed E-state index contributed by atoms with van der Waals surface area (Å²) in [6.07, 6.45) is 0. The second-order valence-corrected chi connectivity index (χ2v) is 8.12. The first-order chi connectivity index (χ1) is 16.0. The number of benzene rings is 3. The van der Waals surface area contributed by atoms with E-state index >= 15 is 0 Å². The molecule has 0 atom stereocenters. The van der Waals surface area contributed by atoms with E-state index in [2.05, 4.69) is 19.2 Å². The van der Waals surface area contributed by atoms with E-state index in [-0.39, 0.29) is 11.6 Å². The molecule has 0 aliphatic carbocycles. The Bertz CT molecular complexity index is 1180. The van der Waals surface area contributed by atoms with Gasteiger partial charge in [-0.1, -0.05) is 50.2 Å². The van der Waals surface area contributed by atoms with Gasteiger partial charge in [0.2, 0.25) is 0 Å². The van der Waals surface area contributed by atoms with Gasteiger partial charge in [0.25, 0.3) is 11.8 Å². The summed E-state index contributed by atoms with van der Waals surface area (Å²) in [6.45, 7) is 4.74. The molecule has 1 aliphatic rings. The first-order valence-corrected chi connectivity index (χ1v) is 10.8. The van der Waals surface area contributed by atoms with Crippen molar-refractivity contribution < 1.29 is 19.1 Å². The molecule has 33 heavy (non-hydrogen) atoms. The maximum Gasteiger partial charge on any atom is 0.282 e. The Morgan fingerprint density at radius 3 is 2.24 bits per heavy atom. The Kier molecular flexibility index (Phi) is 6.45. The summed E-state index contributed by atoms with van der Waals surface area (Å²) in [4.78, 5) is 28.2. The van der Waals surface area contributed by atoms with E-state index in [9.17, 15) is 9.59 Å². The number of methoxy groups -OCH3 is 1. The number of nitrogens with one attached hydrogen (secondary N) is 1. The Labute approximate surface area is 193 Å². The van der Waals surface area contributed by atoms with Crippen molar-refractivity contribution >= 4 is 28.8 Å². The Hall–Kier alpha value is -4.06. The van der Waals surface area contributed by atoms with Crippen LogP contribution in [0.1, 0.15) is 19.4 Å². The molecule has 1 N–H and O–H groups in total. The summed E-state index contributed by atoms with van der Waals surface area (Å²) < 4.78 is 11.0. The van der Waals surface area contributed by atoms with Crippen LogP contribution in [-0.4, -0.2) is 25.5 Å². The predicted octanol–water partition coefficient (Wildman–Crippen LogP) is 5.13. The highest BCUT2D eigenvalue weighted by molar-refractivity contribution is 6.46. The summed E-state index contributed by atoms with van der Waals surface area (Å²) in [6, 6.07) is 23.4. The molecule has 3 aromatic rings. The molecule has 1 heterocycles. The largest absolute Gasteiger partial charge is 0.497 e. The normalized spacial score (nSPS) is 13.6. The minimum atomic E-state index is -0.419. The van der Waals surface area contributed by atoms with Gasteiger partial charge in [0.05, 0.1) is 25.0 Å². The van der Waals surface area contributed by atoms with Crippen molar-refractivity contribution in [2.45, 2.75) is 13.8 Å². The number of anilines is 2. The summed E-state index contributed by atoms with van der Waals surface area (Å²) in [5.41, 5.74) is 2.35. The second-order valence-electron chi connectivity index (χ2n) is 8.12. The van der Waals surface area contributed by atoms with E-state index in [0.717, 1.165) is 0 Å². The molecule has 168 valence electrons. The van der Waals surface area contributed by atoms with Crippen molar-refractivity contribution in [1.82, 2.24) is 0 Å². The molecule has 1 aliphatic heterocycles. The number of nitrogens with zero attached hydrogens (tertiary/aromatic N) is 1. The van der Waals surface area contributed by atoms with Crippen LogP contribution in [0, 0.1) is 5.92 Å². The van der Waals surface area contributed by atoms with Crippen molar-refractivity contribution in [3.63, 3.8) is 0 Å². The van der Waals surface area contributed by atoms with Gasteiger partial charge in [-0.05, 0) is 47.9 Å². The van der Waals surface area contributed by atoms with Crippen LogP contribution in [0.25, 0.3) is 5.57 Å². The van der Waals surface area contributed by atoms with Crippen LogP contribution >= 0.6 is 0 Å². The molecule has 0 bridgehead atoms. The second kappa shape index (κ2) is 9.61. The summed E-state index contributed by atoms with van der Waals surface area (Å²) in [5, 5.41) is 3.15. The molecule has 0 aromatic heterocycles. The number of carbonyl (C=O) groups excluding carboxylic acids is 2. The van der Waals surface area contributed by atoms with Crippen molar-refractivity contribution in [2.75, 3.05) is 23.9 Å². The smallest absolute Gasteiger partial charge is 0.282 e. The third kappa shape index (κ3) is 4.75. The van der Waals surface area contributed by atoms with E-state index < -0.39 is 5.91 Å². The highest BCUT2D eigenvalue weighted by atomic mass is 16.5. The zero-order valence-electron chi connectivity index (χ0n) is 18.9. The minimum Gasteiger partial charge on any atom is -0.497 e. The summed E-state index contributed by atoms with van der Waals surface area (Å²) in [7, 11) is 1.58. The van der Waals surface area contributed by atoms with E-state index in [1.165, 1.54) is 4.90 Å². The van der Waals surface area contributed by atoms with E-state index in [1.807, 2.05) is 48.5 Å². The van der Waals surface area contributed by atoms with Gasteiger partial charge < -0.3 is 14.8 Å². The fourth-order valence-corrected chi connectivity index (χ4v) is 3.55. The fourth-order valence-electron chi connectivity index (χ4n) is 3.55. The Balaban J connectivity index is 1.69. The lowest BCUT2D eigenvalue weighted by atomic mass is 10.0. The zero-order chi connectivity index (χ0) is 23.4. The molecule has 0 saturated heterocycles. The van der Waals surface area contributed by atoms with Gasteiger partial charge in [-0.2, -0.15) is 0 Å². The molecule has 4 rings (SSSR count). The van der Waals surface area contributed by atoms with Gasteiger partial charge in [0, 0.05) is 11.8 Å². The lowest BCUT2D eigenvalue weighted by Crippen LogP contribution is -2.32. The molecule has 0 spiro atoms. The molecule has 0 fully saturated rings. The third-order valence-corrected chi connectivity index (χ3v) is 5.16. The number of amides is 2. The quantitative estimate of drug-likeness (QED) is 0.490. The van der Waals surface area contributed by atoms with Crippen LogP contribution in [0.3, 0.4) is 0 Å². The van der Waals surface area contributed by atoms with Crippen molar-refractivity contribution in [2.24, 2.45) is 5.92 Å². The van der Waals surface area contributed by atoms with Gasteiger partial charge in [-0.3, -0.25) is 9.59 Å². The first-order valence-electron chi connectivity index (χ1n) is 10.8. The van der Waals surface area contributed by atoms with Gasteiger partial charge in [0.1, 0.15) is 17.2 Å². The number of imide groups is 1. The zero-order valence-corrected chi connectivity index (χ0v) is 18.9. The number of hydrogen-bond acceptors (Lipinski definition) is 5. The predicted molar refractivity (Wildman–Crippen MR) is 129 cm³/mol. The van der Waals surface area contributed by atoms with Gasteiger partial charge in [0.15, 0.2) is 0 Å². The molecule has 6 nitrogen and oxygen atoms in total. The molecule has 6 heteroatoms. The van der Waals surface area contributed by atoms with Crippen LogP contribution in [0.4, 0.5) is 11.4 Å². The molecule has 2 amide bonds. The van der Waals surface area contributed by atoms with Crippen LogP contribution in [0.5, 0.6) is 11.5 Å². The van der Waals surface area contributed by atoms with Crippen molar-refractivity contribution in [3.05, 3.63) is 90.1 Å². The van der Waals surface area contributed by atoms with Gasteiger partial charge in [-0.15, -0.1) is 0 Å². The van der Waals surface area contributed by atoms with Crippen LogP contribution < -0.4 is 19.7 Å². The monoisotopic (exact) mass is 442 g/mol. The van der Waals surface area contributed by atoms with Crippen molar-refractivity contribution in [3.8, 4) is 11.5 Å². The summed E-state index contributed by atoms with van der Waals surface area (Å²) in [5.74, 6) is 0.934. The molecule has 0 radical (unpaired) electrons. The molecule has 0 unspecified atom stereocenters. The lowest BCUT2D eigenvalue weighted by Gasteiger charge is -2.16. The van der Waals surface area contributed by atoms with E-state index in [0.29, 0.717) is 46.5 Å². The van der Waals surface area contributed by atoms with Gasteiger partial charge >= 0.3 is 0 Å². The van der Waals surface area contributed by atoms with Gasteiger partial charge in [-0.25, -0.2) is 4.90 Å². The van der Waals surface area contributed by atoms with E-state index in [1.54, 1.807) is 37.4 Å². The number of hydrogen-bond donors (Lipinski definition) is 1. The average Bonchev–Trinajstić information content (AvgIpc) is 3.07. The van der Waals surface area contributed by atoms with Crippen LogP contribution in [0.2, 0.25) is 0 Å². The maximum absolute atomic E-state index is 13.5. The molecular weight excluding hydrogens is 416 g/mol. The Morgan fingerprint density at radius 1 is 0.848 bits per heavy atom. The Morgan fingerprint density at radius 2 is 1.58 bits per heavy atom. The third-order valence-electron chi connectivity index (χ3n) is 5.16. The van der Waals surface area contributed by atoms with Crippen LogP contribution in [0.15, 0.2) is 84.6 Å². The highest BCUT2D eigenvalue weighted by Gasteiger charge is 2.40. The van der Waals surface area contributed by atoms with Crippen molar-refractivity contribution in [1.29, 1.82) is 0 Å². The first kappa shape index (κ1) is 22.1. The minimum absolute atomic E-state index is 0.222. The number of rotatable bonds is 8. The standard InChI is InChI=1S/C27H26N2O4/c1-18(2)17-33-22-14-12-21(13-15-22)29-26(30)24(19-8-5-4-6-9-19)25(27(29)31)28-20-10-7-11-23(16-20)32-3/h4-16,18,28H,17H2,1-3H3. The summed E-state index contributed by atoms with van der Waals surface area (Å²) >= 11 is 0. The number of carbonyl (C=O) groups is 2. The van der Waals surface area contributed by atoms with E-state index in [4.69, 9.17) is 9.47 Å². The SMILES string of the molecule is COc1cccc(NC2=C(c3ccccc3)C(=O)N(c3ccc(OCC(C)C)cc3)C2=O)c1. The lowest BCUT2D eigenvalue weighted by molar-refractivity contribution is -0.120. The fraction of sp³-hybridized carbons (Fsp3) is 0.185. The highest BCUT2D eigenvalue weighted by Crippen LogP contribution is 2.34. The molecular formula is C27H26N2O4. The topological polar surface area (TPSA) is 67.9 Å². The number of ether oxygens (including phenoxy) is 2. The molecule has 0 saturated carbocycles. The maximum atomic E-state index is 13.5. The van der Waals surface area contributed by atoms with Crippen LogP contribution in [-0.2, 0) is 9.59 Å². The average molecular weight is 443 g/mol.